The van der Waals surface area contributed by atoms with E-state index in [1.54, 1.807) is 0 Å². The fourth-order valence-electron chi connectivity index (χ4n) is 3.58. The molecule has 3 saturated carbocycles. The monoisotopic (exact) mass is 221 g/mol. The van der Waals surface area contributed by atoms with Gasteiger partial charge in [0.2, 0.25) is 0 Å². The quantitative estimate of drug-likeness (QED) is 0.746. The summed E-state index contributed by atoms with van der Waals surface area (Å²) in [6.07, 6.45) is 13.4. The summed E-state index contributed by atoms with van der Waals surface area (Å²) in [5.41, 5.74) is 0.625. The van der Waals surface area contributed by atoms with Gasteiger partial charge in [-0.1, -0.05) is 26.2 Å². The second kappa shape index (κ2) is 4.33. The summed E-state index contributed by atoms with van der Waals surface area (Å²) in [7, 11) is 0. The Morgan fingerprint density at radius 1 is 1.00 bits per heavy atom. The summed E-state index contributed by atoms with van der Waals surface area (Å²) in [6, 6.07) is 0.902. The van der Waals surface area contributed by atoms with Gasteiger partial charge in [-0.05, 0) is 55.8 Å². The second-order valence-corrected chi connectivity index (χ2v) is 6.95. The minimum absolute atomic E-state index is 0.625. The third kappa shape index (κ3) is 2.61. The first-order valence-corrected chi connectivity index (χ1v) is 7.50. The molecule has 3 fully saturated rings. The highest BCUT2D eigenvalue weighted by atomic mass is 15.0. The minimum atomic E-state index is 0.625. The van der Waals surface area contributed by atoms with Crippen molar-refractivity contribution in [3.05, 3.63) is 0 Å². The van der Waals surface area contributed by atoms with Crippen molar-refractivity contribution in [2.75, 3.05) is 6.54 Å². The van der Waals surface area contributed by atoms with Crippen LogP contribution in [0.25, 0.3) is 0 Å². The standard InChI is InChI=1S/C15H27N/c1-15(9-3-2-4-10-15)11-16-14(12-5-6-12)13-7-8-13/h12-14,16H,2-11H2,1H3. The zero-order valence-electron chi connectivity index (χ0n) is 10.8. The average Bonchev–Trinajstić information content (AvgIpc) is 3.14. The van der Waals surface area contributed by atoms with Gasteiger partial charge in [0.05, 0.1) is 0 Å². The average molecular weight is 221 g/mol. The number of hydrogen-bond acceptors (Lipinski definition) is 1. The second-order valence-electron chi connectivity index (χ2n) is 6.95. The van der Waals surface area contributed by atoms with E-state index in [4.69, 9.17) is 0 Å². The Kier molecular flexibility index (Phi) is 2.99. The van der Waals surface area contributed by atoms with Crippen LogP contribution in [-0.2, 0) is 0 Å². The van der Waals surface area contributed by atoms with Crippen molar-refractivity contribution in [3.63, 3.8) is 0 Å². The molecule has 0 aromatic heterocycles. The van der Waals surface area contributed by atoms with E-state index < -0.39 is 0 Å². The number of nitrogens with one attached hydrogen (secondary N) is 1. The Morgan fingerprint density at radius 3 is 2.06 bits per heavy atom. The summed E-state index contributed by atoms with van der Waals surface area (Å²) in [5, 5.41) is 3.95. The van der Waals surface area contributed by atoms with Crippen molar-refractivity contribution < 1.29 is 0 Å². The van der Waals surface area contributed by atoms with Gasteiger partial charge in [-0.3, -0.25) is 0 Å². The van der Waals surface area contributed by atoms with Gasteiger partial charge in [-0.2, -0.15) is 0 Å². The lowest BCUT2D eigenvalue weighted by Crippen LogP contribution is -2.41. The lowest BCUT2D eigenvalue weighted by molar-refractivity contribution is 0.193. The summed E-state index contributed by atoms with van der Waals surface area (Å²) in [6.45, 7) is 3.81. The molecule has 0 aromatic carbocycles. The third-order valence-electron chi connectivity index (χ3n) is 5.08. The Bertz CT molecular complexity index is 222. The molecule has 0 bridgehead atoms. The normalized spacial score (nSPS) is 29.6. The minimum Gasteiger partial charge on any atom is -0.313 e. The molecular weight excluding hydrogens is 194 g/mol. The molecule has 0 atom stereocenters. The molecule has 3 rings (SSSR count). The van der Waals surface area contributed by atoms with E-state index in [0.29, 0.717) is 5.41 Å². The largest absolute Gasteiger partial charge is 0.313 e. The summed E-state index contributed by atoms with van der Waals surface area (Å²) >= 11 is 0. The van der Waals surface area contributed by atoms with Crippen LogP contribution in [0.1, 0.15) is 64.7 Å². The fraction of sp³-hybridized carbons (Fsp3) is 1.00. The Balaban J connectivity index is 1.49. The van der Waals surface area contributed by atoms with Gasteiger partial charge in [0.15, 0.2) is 0 Å². The van der Waals surface area contributed by atoms with Crippen LogP contribution in [0, 0.1) is 17.3 Å². The molecule has 0 aliphatic heterocycles. The Hall–Kier alpha value is -0.0400. The highest BCUT2D eigenvalue weighted by Crippen LogP contribution is 2.45. The van der Waals surface area contributed by atoms with E-state index in [1.807, 2.05) is 0 Å². The van der Waals surface area contributed by atoms with Crippen LogP contribution < -0.4 is 5.32 Å². The topological polar surface area (TPSA) is 12.0 Å². The van der Waals surface area contributed by atoms with Crippen molar-refractivity contribution in [1.82, 2.24) is 5.32 Å². The van der Waals surface area contributed by atoms with Crippen molar-refractivity contribution in [2.24, 2.45) is 17.3 Å². The molecule has 3 aliphatic rings. The maximum absolute atomic E-state index is 3.95. The first kappa shape index (κ1) is 11.1. The van der Waals surface area contributed by atoms with Crippen molar-refractivity contribution >= 4 is 0 Å². The predicted molar refractivity (Wildman–Crippen MR) is 68.4 cm³/mol. The lowest BCUT2D eigenvalue weighted by Gasteiger charge is -2.35. The fourth-order valence-corrected chi connectivity index (χ4v) is 3.58. The molecule has 3 aliphatic carbocycles. The smallest absolute Gasteiger partial charge is 0.0124 e. The Labute approximate surface area is 100 Å². The van der Waals surface area contributed by atoms with Crippen molar-refractivity contribution in [3.8, 4) is 0 Å². The van der Waals surface area contributed by atoms with Crippen LogP contribution in [0.15, 0.2) is 0 Å². The number of hydrogen-bond donors (Lipinski definition) is 1. The van der Waals surface area contributed by atoms with Crippen LogP contribution in [0.5, 0.6) is 0 Å². The van der Waals surface area contributed by atoms with Gasteiger partial charge < -0.3 is 5.32 Å². The van der Waals surface area contributed by atoms with E-state index in [2.05, 4.69) is 12.2 Å². The molecule has 16 heavy (non-hydrogen) atoms. The first-order chi connectivity index (χ1) is 7.77. The molecule has 1 nitrogen and oxygen atoms in total. The molecule has 0 unspecified atom stereocenters. The highest BCUT2D eigenvalue weighted by molar-refractivity contribution is 4.97. The molecular formula is C15H27N. The van der Waals surface area contributed by atoms with E-state index in [9.17, 15) is 0 Å². The highest BCUT2D eigenvalue weighted by Gasteiger charge is 2.42. The van der Waals surface area contributed by atoms with Gasteiger partial charge in [-0.25, -0.2) is 0 Å². The molecule has 92 valence electrons. The molecule has 1 N–H and O–H groups in total. The predicted octanol–water partition coefficient (Wildman–Crippen LogP) is 3.74. The molecule has 1 heteroatoms. The van der Waals surface area contributed by atoms with Crippen molar-refractivity contribution in [2.45, 2.75) is 70.8 Å². The van der Waals surface area contributed by atoms with Crippen LogP contribution in [0.4, 0.5) is 0 Å². The van der Waals surface area contributed by atoms with Gasteiger partial charge in [0, 0.05) is 12.6 Å². The van der Waals surface area contributed by atoms with Gasteiger partial charge in [0.25, 0.3) is 0 Å². The van der Waals surface area contributed by atoms with Crippen LogP contribution >= 0.6 is 0 Å². The van der Waals surface area contributed by atoms with Gasteiger partial charge >= 0.3 is 0 Å². The third-order valence-corrected chi connectivity index (χ3v) is 5.08. The van der Waals surface area contributed by atoms with Crippen LogP contribution in [0.2, 0.25) is 0 Å². The van der Waals surface area contributed by atoms with Crippen molar-refractivity contribution in [1.29, 1.82) is 0 Å². The maximum atomic E-state index is 3.95. The summed E-state index contributed by atoms with van der Waals surface area (Å²) in [5.74, 6) is 2.11. The molecule has 0 aromatic rings. The Morgan fingerprint density at radius 2 is 1.56 bits per heavy atom. The first-order valence-electron chi connectivity index (χ1n) is 7.50. The molecule has 0 amide bonds. The molecule has 0 saturated heterocycles. The molecule has 0 heterocycles. The van der Waals surface area contributed by atoms with Gasteiger partial charge in [0.1, 0.15) is 0 Å². The van der Waals surface area contributed by atoms with E-state index >= 15 is 0 Å². The van der Waals surface area contributed by atoms with Crippen LogP contribution in [-0.4, -0.2) is 12.6 Å². The lowest BCUT2D eigenvalue weighted by atomic mass is 9.75. The van der Waals surface area contributed by atoms with Gasteiger partial charge in [-0.15, -0.1) is 0 Å². The zero-order valence-corrected chi connectivity index (χ0v) is 10.8. The molecule has 0 radical (unpaired) electrons. The maximum Gasteiger partial charge on any atom is 0.0124 e. The summed E-state index contributed by atoms with van der Waals surface area (Å²) in [4.78, 5) is 0. The SMILES string of the molecule is CC1(CNC(C2CC2)C2CC2)CCCCC1. The van der Waals surface area contributed by atoms with E-state index in [0.717, 1.165) is 17.9 Å². The summed E-state index contributed by atoms with van der Waals surface area (Å²) < 4.78 is 0. The van der Waals surface area contributed by atoms with E-state index in [-0.39, 0.29) is 0 Å². The van der Waals surface area contributed by atoms with E-state index in [1.165, 1.54) is 64.3 Å². The zero-order chi connectivity index (χ0) is 11.0. The number of rotatable bonds is 5. The molecule has 0 spiro atoms. The van der Waals surface area contributed by atoms with Crippen LogP contribution in [0.3, 0.4) is 0 Å².